The third-order valence-corrected chi connectivity index (χ3v) is 12.1. The number of alkyl halides is 3. The number of nitrogens with zero attached hydrogens (tertiary/aromatic N) is 5. The molecule has 298 valence electrons. The summed E-state index contributed by atoms with van der Waals surface area (Å²) in [6.45, 7) is 4.90. The number of tetrazole rings is 1. The third-order valence-electron chi connectivity index (χ3n) is 8.89. The molecule has 0 unspecified atom stereocenters. The number of thiophene rings is 1. The van der Waals surface area contributed by atoms with Gasteiger partial charge in [0.1, 0.15) is 6.04 Å². The normalized spacial score (nSPS) is 14.0. The highest BCUT2D eigenvalue weighted by Crippen LogP contribution is 2.41. The van der Waals surface area contributed by atoms with Gasteiger partial charge in [-0.25, -0.2) is 13.2 Å². The Balaban J connectivity index is 1.50. The number of benzene rings is 3. The monoisotopic (exact) mass is 813 g/mol. The number of sulfonamides is 1. The molecule has 0 aliphatic carbocycles. The van der Waals surface area contributed by atoms with Crippen molar-refractivity contribution in [1.29, 1.82) is 0 Å². The Kier molecular flexibility index (Phi) is 13.3. The number of carbonyl (C=O) groups is 2. The van der Waals surface area contributed by atoms with Crippen LogP contribution in [-0.4, -0.2) is 82.5 Å². The van der Waals surface area contributed by atoms with E-state index in [1.165, 1.54) is 41.5 Å². The molecular weight excluding hydrogens is 772 g/mol. The Bertz CT molecular complexity index is 2110. The van der Waals surface area contributed by atoms with Gasteiger partial charge in [-0.1, -0.05) is 81.4 Å². The number of ether oxygens (including phenoxy) is 1. The average Bonchev–Trinajstić information content (AvgIpc) is 3.89. The van der Waals surface area contributed by atoms with Crippen molar-refractivity contribution in [1.82, 2.24) is 35.1 Å². The van der Waals surface area contributed by atoms with Crippen molar-refractivity contribution >= 4 is 33.4 Å². The Labute approximate surface area is 326 Å². The number of carbonyl (C=O) groups excluding carboxylic acids is 2. The van der Waals surface area contributed by atoms with Crippen LogP contribution in [0.1, 0.15) is 66.1 Å². The lowest BCUT2D eigenvalue weighted by Crippen LogP contribution is -2.52. The minimum atomic E-state index is -5.03. The van der Waals surface area contributed by atoms with Crippen molar-refractivity contribution in [2.24, 2.45) is 5.41 Å². The molecule has 3 atom stereocenters. The molecule has 0 aliphatic rings. The maximum absolute atomic E-state index is 15.0. The predicted molar refractivity (Wildman–Crippen MR) is 202 cm³/mol. The lowest BCUT2D eigenvalue weighted by Gasteiger charge is -2.32. The van der Waals surface area contributed by atoms with Crippen molar-refractivity contribution in [3.63, 3.8) is 0 Å². The molecule has 5 aromatic rings. The number of aliphatic hydroxyl groups excluding tert-OH is 1. The van der Waals surface area contributed by atoms with Crippen LogP contribution >= 0.6 is 11.3 Å². The topological polar surface area (TPSA) is 169 Å². The molecule has 2 aromatic heterocycles. The summed E-state index contributed by atoms with van der Waals surface area (Å²) < 4.78 is 79.2. The highest BCUT2D eigenvalue weighted by molar-refractivity contribution is 7.89. The number of hydrogen-bond donors (Lipinski definition) is 3. The number of aliphatic hydroxyl groups is 1. The summed E-state index contributed by atoms with van der Waals surface area (Å²) >= 11 is 0.608. The van der Waals surface area contributed by atoms with E-state index in [0.29, 0.717) is 34.6 Å². The van der Waals surface area contributed by atoms with Gasteiger partial charge in [-0.3, -0.25) is 4.79 Å². The van der Waals surface area contributed by atoms with Gasteiger partial charge in [0.25, 0.3) is 0 Å². The highest BCUT2D eigenvalue weighted by Gasteiger charge is 2.46. The molecule has 18 heteroatoms. The van der Waals surface area contributed by atoms with Crippen LogP contribution in [0.15, 0.2) is 108 Å². The lowest BCUT2D eigenvalue weighted by atomic mass is 9.84. The first kappa shape index (κ1) is 42.0. The molecule has 3 N–H and O–H groups in total. The van der Waals surface area contributed by atoms with E-state index in [4.69, 9.17) is 4.74 Å². The van der Waals surface area contributed by atoms with E-state index in [2.05, 4.69) is 26.0 Å². The minimum absolute atomic E-state index is 0.0721. The van der Waals surface area contributed by atoms with E-state index >= 15 is 0 Å². The van der Waals surface area contributed by atoms with E-state index in [1.807, 2.05) is 20.8 Å². The number of amides is 2. The molecular formula is C38H42F3N7O6S2. The Hall–Kier alpha value is -5.17. The fraction of sp³-hybridized carbons (Fsp3) is 0.342. The van der Waals surface area contributed by atoms with Crippen molar-refractivity contribution in [3.8, 4) is 5.69 Å². The lowest BCUT2D eigenvalue weighted by molar-refractivity contribution is -0.163. The van der Waals surface area contributed by atoms with Gasteiger partial charge in [-0.05, 0) is 64.6 Å². The molecule has 13 nitrogen and oxygen atoms in total. The summed E-state index contributed by atoms with van der Waals surface area (Å²) in [5.41, 5.74) is 1.18. The molecule has 56 heavy (non-hydrogen) atoms. The van der Waals surface area contributed by atoms with Gasteiger partial charge >= 0.3 is 12.3 Å². The molecule has 3 aromatic carbocycles. The van der Waals surface area contributed by atoms with Crippen LogP contribution in [0.25, 0.3) is 5.69 Å². The smallest absolute Gasteiger partial charge is 0.413 e. The standard InChI is InChI=1S/C38H42F3N7O6S2/c1-37(2,3)21-22-47(56(52,53)28-17-15-27(16-18-28)48-43-24-42-46-48)29(23-49)30-19-20-31(55-30)34(38(39,40)41)45-35(50)33(44-36(51)54-4)32(25-11-7-5-8-12-25)26-13-9-6-10-14-26/h5-20,24,29,32-34,49H,21-23H2,1-4H3,(H,44,51)(H,45,50)/t29-,33+,34-/m1/s1. The molecule has 0 saturated heterocycles. The summed E-state index contributed by atoms with van der Waals surface area (Å²) in [5, 5.41) is 26.6. The van der Waals surface area contributed by atoms with Crippen molar-refractivity contribution in [2.45, 2.75) is 62.3 Å². The molecule has 2 heterocycles. The average molecular weight is 814 g/mol. The quantitative estimate of drug-likeness (QED) is 0.112. The second kappa shape index (κ2) is 17.7. The molecule has 0 fully saturated rings. The van der Waals surface area contributed by atoms with Gasteiger partial charge in [-0.15, -0.1) is 26.3 Å². The minimum Gasteiger partial charge on any atom is -0.453 e. The number of nitrogens with one attached hydrogen (secondary N) is 2. The molecule has 0 saturated carbocycles. The zero-order valence-electron chi connectivity index (χ0n) is 30.9. The van der Waals surface area contributed by atoms with Gasteiger partial charge in [0, 0.05) is 22.2 Å². The number of alkyl carbamates (subject to hydrolysis) is 1. The van der Waals surface area contributed by atoms with Gasteiger partial charge < -0.3 is 20.5 Å². The number of hydrogen-bond acceptors (Lipinski definition) is 10. The van der Waals surface area contributed by atoms with Gasteiger partial charge in [0.15, 0.2) is 12.4 Å². The zero-order chi connectivity index (χ0) is 40.7. The summed E-state index contributed by atoms with van der Waals surface area (Å²) in [6, 6.07) is 19.8. The number of methoxy groups -OCH3 is 1. The fourth-order valence-corrected chi connectivity index (χ4v) is 8.87. The summed E-state index contributed by atoms with van der Waals surface area (Å²) in [5.74, 6) is -2.07. The maximum atomic E-state index is 15.0. The summed E-state index contributed by atoms with van der Waals surface area (Å²) in [4.78, 5) is 27.5. The van der Waals surface area contributed by atoms with Crippen LogP contribution < -0.4 is 10.6 Å². The second-order valence-corrected chi connectivity index (χ2v) is 17.0. The van der Waals surface area contributed by atoms with E-state index in [1.54, 1.807) is 60.7 Å². The van der Waals surface area contributed by atoms with E-state index in [-0.39, 0.29) is 26.6 Å². The van der Waals surface area contributed by atoms with E-state index in [9.17, 15) is 36.3 Å². The SMILES string of the molecule is COC(=O)N[C@H](C(=O)N[C@H](c1ccc([C@@H](CO)N(CCC(C)(C)C)S(=O)(=O)c2ccc(-n3ncnn3)cc2)s1)C(F)(F)F)C(c1ccccc1)c1ccccc1. The van der Waals surface area contributed by atoms with Crippen molar-refractivity contribution in [2.75, 3.05) is 20.3 Å². The van der Waals surface area contributed by atoms with Crippen LogP contribution in [0, 0.1) is 5.41 Å². The fourth-order valence-electron chi connectivity index (χ4n) is 6.02. The predicted octanol–water partition coefficient (Wildman–Crippen LogP) is 6.16. The Morgan fingerprint density at radius 1 is 0.893 bits per heavy atom. The van der Waals surface area contributed by atoms with E-state index in [0.717, 1.165) is 17.5 Å². The van der Waals surface area contributed by atoms with Crippen molar-refractivity contribution < 1.29 is 41.0 Å². The first-order chi connectivity index (χ1) is 26.5. The van der Waals surface area contributed by atoms with Crippen molar-refractivity contribution in [3.05, 3.63) is 124 Å². The Morgan fingerprint density at radius 3 is 1.98 bits per heavy atom. The molecule has 0 spiro atoms. The maximum Gasteiger partial charge on any atom is 0.413 e. The van der Waals surface area contributed by atoms with Crippen LogP contribution in [0.4, 0.5) is 18.0 Å². The second-order valence-electron chi connectivity index (χ2n) is 14.0. The molecule has 5 rings (SSSR count). The number of aromatic nitrogens is 4. The molecule has 0 radical (unpaired) electrons. The summed E-state index contributed by atoms with van der Waals surface area (Å²) in [7, 11) is -3.27. The molecule has 0 bridgehead atoms. The highest BCUT2D eigenvalue weighted by atomic mass is 32.2. The van der Waals surface area contributed by atoms with Gasteiger partial charge in [0.2, 0.25) is 15.9 Å². The molecule has 2 amide bonds. The first-order valence-corrected chi connectivity index (χ1v) is 19.7. The number of halogens is 3. The molecule has 0 aliphatic heterocycles. The zero-order valence-corrected chi connectivity index (χ0v) is 32.6. The van der Waals surface area contributed by atoms with Gasteiger partial charge in [0.05, 0.1) is 30.3 Å². The van der Waals surface area contributed by atoms with Crippen LogP contribution in [0.5, 0.6) is 0 Å². The van der Waals surface area contributed by atoms with Crippen LogP contribution in [0.2, 0.25) is 0 Å². The number of rotatable bonds is 15. The largest absolute Gasteiger partial charge is 0.453 e. The first-order valence-electron chi connectivity index (χ1n) is 17.4. The van der Waals surface area contributed by atoms with Crippen LogP contribution in [0.3, 0.4) is 0 Å². The van der Waals surface area contributed by atoms with Gasteiger partial charge in [-0.2, -0.15) is 17.5 Å². The Morgan fingerprint density at radius 2 is 1.48 bits per heavy atom. The third kappa shape index (κ3) is 10.2. The van der Waals surface area contributed by atoms with Crippen LogP contribution in [-0.2, 0) is 19.6 Å². The van der Waals surface area contributed by atoms with E-state index < -0.39 is 58.9 Å². The summed E-state index contributed by atoms with van der Waals surface area (Å²) in [6.07, 6.45) is -4.49.